The molecular formula is C12H23NO2. The van der Waals surface area contributed by atoms with Crippen molar-refractivity contribution < 1.29 is 9.90 Å². The summed E-state index contributed by atoms with van der Waals surface area (Å²) in [5.74, 6) is -0.667. The minimum atomic E-state index is -0.667. The van der Waals surface area contributed by atoms with Crippen molar-refractivity contribution in [1.82, 2.24) is 4.90 Å². The van der Waals surface area contributed by atoms with Crippen LogP contribution in [0.25, 0.3) is 0 Å². The summed E-state index contributed by atoms with van der Waals surface area (Å²) in [5.41, 5.74) is 0.531. The number of carboxylic acid groups (broad SMARTS) is 1. The van der Waals surface area contributed by atoms with Gasteiger partial charge in [-0.2, -0.15) is 0 Å². The van der Waals surface area contributed by atoms with Gasteiger partial charge < -0.3 is 10.0 Å². The third-order valence-corrected chi connectivity index (χ3v) is 2.92. The quantitative estimate of drug-likeness (QED) is 0.660. The molecule has 0 unspecified atom stereocenters. The molecule has 3 nitrogen and oxygen atoms in total. The van der Waals surface area contributed by atoms with Gasteiger partial charge in [0.15, 0.2) is 0 Å². The summed E-state index contributed by atoms with van der Waals surface area (Å²) < 4.78 is 0. The van der Waals surface area contributed by atoms with E-state index in [0.29, 0.717) is 11.8 Å². The first-order valence-corrected chi connectivity index (χ1v) is 5.94. The van der Waals surface area contributed by atoms with Crippen LogP contribution in [0.15, 0.2) is 0 Å². The first-order chi connectivity index (χ1) is 6.99. The lowest BCUT2D eigenvalue weighted by atomic mass is 9.84. The molecule has 1 aliphatic heterocycles. The van der Waals surface area contributed by atoms with E-state index in [1.54, 1.807) is 0 Å². The molecule has 0 aromatic heterocycles. The number of hydrogen-bond donors (Lipinski definition) is 1. The zero-order valence-electron chi connectivity index (χ0n) is 9.96. The molecule has 0 saturated carbocycles. The SMILES string of the molecule is CC1(C)CN(CCCCCCC(=O)O)C1. The Morgan fingerprint density at radius 1 is 1.20 bits per heavy atom. The van der Waals surface area contributed by atoms with Gasteiger partial charge in [0.1, 0.15) is 0 Å². The second kappa shape index (κ2) is 5.50. The molecule has 1 aliphatic rings. The van der Waals surface area contributed by atoms with E-state index >= 15 is 0 Å². The van der Waals surface area contributed by atoms with Gasteiger partial charge in [-0.25, -0.2) is 0 Å². The topological polar surface area (TPSA) is 40.5 Å². The predicted molar refractivity (Wildman–Crippen MR) is 60.9 cm³/mol. The normalized spacial score (nSPS) is 19.9. The van der Waals surface area contributed by atoms with Crippen LogP contribution in [-0.4, -0.2) is 35.6 Å². The molecule has 1 saturated heterocycles. The number of carbonyl (C=O) groups is 1. The molecule has 3 heteroatoms. The van der Waals surface area contributed by atoms with Gasteiger partial charge in [-0.1, -0.05) is 26.7 Å². The number of carboxylic acids is 1. The third kappa shape index (κ3) is 5.17. The van der Waals surface area contributed by atoms with Crippen molar-refractivity contribution in [2.45, 2.75) is 46.0 Å². The second-order valence-corrected chi connectivity index (χ2v) is 5.43. The lowest BCUT2D eigenvalue weighted by molar-refractivity contribution is -0.137. The van der Waals surface area contributed by atoms with Gasteiger partial charge in [-0.15, -0.1) is 0 Å². The predicted octanol–water partition coefficient (Wildman–Crippen LogP) is 2.36. The van der Waals surface area contributed by atoms with Crippen molar-refractivity contribution in [3.8, 4) is 0 Å². The van der Waals surface area contributed by atoms with E-state index in [-0.39, 0.29) is 0 Å². The summed E-state index contributed by atoms with van der Waals surface area (Å²) in [6.45, 7) is 8.24. The first kappa shape index (κ1) is 12.5. The van der Waals surface area contributed by atoms with Crippen LogP contribution < -0.4 is 0 Å². The molecule has 0 atom stereocenters. The van der Waals surface area contributed by atoms with E-state index < -0.39 is 5.97 Å². The van der Waals surface area contributed by atoms with E-state index in [4.69, 9.17) is 5.11 Å². The lowest BCUT2D eigenvalue weighted by Gasteiger charge is -2.46. The molecule has 0 spiro atoms. The monoisotopic (exact) mass is 213 g/mol. The minimum Gasteiger partial charge on any atom is -0.481 e. The van der Waals surface area contributed by atoms with Crippen molar-refractivity contribution in [3.63, 3.8) is 0 Å². The van der Waals surface area contributed by atoms with Crippen LogP contribution in [0.3, 0.4) is 0 Å². The largest absolute Gasteiger partial charge is 0.481 e. The highest BCUT2D eigenvalue weighted by atomic mass is 16.4. The highest BCUT2D eigenvalue weighted by molar-refractivity contribution is 5.66. The van der Waals surface area contributed by atoms with Crippen molar-refractivity contribution in [2.24, 2.45) is 5.41 Å². The van der Waals surface area contributed by atoms with Crippen molar-refractivity contribution >= 4 is 5.97 Å². The van der Waals surface area contributed by atoms with Gasteiger partial charge in [0.25, 0.3) is 0 Å². The van der Waals surface area contributed by atoms with E-state index in [1.807, 2.05) is 0 Å². The Bertz CT molecular complexity index is 206. The maximum absolute atomic E-state index is 10.3. The molecule has 0 bridgehead atoms. The number of rotatable bonds is 7. The van der Waals surface area contributed by atoms with Gasteiger partial charge in [0.2, 0.25) is 0 Å². The summed E-state index contributed by atoms with van der Waals surface area (Å²) in [4.78, 5) is 12.7. The van der Waals surface area contributed by atoms with E-state index in [9.17, 15) is 4.79 Å². The van der Waals surface area contributed by atoms with Crippen LogP contribution in [-0.2, 0) is 4.79 Å². The zero-order chi connectivity index (χ0) is 11.3. The summed E-state index contributed by atoms with van der Waals surface area (Å²) in [5, 5.41) is 8.45. The Morgan fingerprint density at radius 3 is 2.33 bits per heavy atom. The van der Waals surface area contributed by atoms with Gasteiger partial charge in [0, 0.05) is 19.5 Å². The molecule has 1 rings (SSSR count). The van der Waals surface area contributed by atoms with Crippen LogP contribution in [0.2, 0.25) is 0 Å². The smallest absolute Gasteiger partial charge is 0.303 e. The fourth-order valence-corrected chi connectivity index (χ4v) is 2.29. The average Bonchev–Trinajstić information content (AvgIpc) is 2.07. The van der Waals surface area contributed by atoms with Crippen LogP contribution in [0, 0.1) is 5.41 Å². The summed E-state index contributed by atoms with van der Waals surface area (Å²) in [6, 6.07) is 0. The summed E-state index contributed by atoms with van der Waals surface area (Å²) >= 11 is 0. The number of aliphatic carboxylic acids is 1. The molecule has 0 aliphatic carbocycles. The highest BCUT2D eigenvalue weighted by Crippen LogP contribution is 2.28. The Hall–Kier alpha value is -0.570. The number of hydrogen-bond acceptors (Lipinski definition) is 2. The summed E-state index contributed by atoms with van der Waals surface area (Å²) in [6.07, 6.45) is 4.61. The maximum Gasteiger partial charge on any atom is 0.303 e. The molecule has 15 heavy (non-hydrogen) atoms. The van der Waals surface area contributed by atoms with Crippen molar-refractivity contribution in [2.75, 3.05) is 19.6 Å². The molecule has 88 valence electrons. The third-order valence-electron chi connectivity index (χ3n) is 2.92. The number of unbranched alkanes of at least 4 members (excludes halogenated alkanes) is 3. The minimum absolute atomic E-state index is 0.330. The van der Waals surface area contributed by atoms with E-state index in [0.717, 1.165) is 12.8 Å². The van der Waals surface area contributed by atoms with E-state index in [1.165, 1.54) is 32.5 Å². The van der Waals surface area contributed by atoms with Gasteiger partial charge >= 0.3 is 5.97 Å². The Morgan fingerprint density at radius 2 is 1.80 bits per heavy atom. The molecule has 0 amide bonds. The molecule has 1 fully saturated rings. The average molecular weight is 213 g/mol. The fraction of sp³-hybridized carbons (Fsp3) is 0.917. The molecule has 0 radical (unpaired) electrons. The zero-order valence-corrected chi connectivity index (χ0v) is 9.96. The second-order valence-electron chi connectivity index (χ2n) is 5.43. The number of nitrogens with zero attached hydrogens (tertiary/aromatic N) is 1. The standard InChI is InChI=1S/C12H23NO2/c1-12(2)9-13(10-12)8-6-4-3-5-7-11(14)15/h3-10H2,1-2H3,(H,14,15). The number of likely N-dealkylation sites (tertiary alicyclic amines) is 1. The Labute approximate surface area is 92.5 Å². The molecule has 1 N–H and O–H groups in total. The Balaban J connectivity index is 1.84. The first-order valence-electron chi connectivity index (χ1n) is 5.94. The van der Waals surface area contributed by atoms with Crippen LogP contribution in [0.4, 0.5) is 0 Å². The van der Waals surface area contributed by atoms with Crippen LogP contribution >= 0.6 is 0 Å². The van der Waals surface area contributed by atoms with Crippen LogP contribution in [0.5, 0.6) is 0 Å². The molecule has 1 heterocycles. The van der Waals surface area contributed by atoms with E-state index in [2.05, 4.69) is 18.7 Å². The lowest BCUT2D eigenvalue weighted by Crippen LogP contribution is -2.52. The maximum atomic E-state index is 10.3. The van der Waals surface area contributed by atoms with Gasteiger partial charge in [-0.05, 0) is 24.8 Å². The van der Waals surface area contributed by atoms with Gasteiger partial charge in [0.05, 0.1) is 0 Å². The van der Waals surface area contributed by atoms with Crippen molar-refractivity contribution in [3.05, 3.63) is 0 Å². The fourth-order valence-electron chi connectivity index (χ4n) is 2.29. The van der Waals surface area contributed by atoms with Crippen LogP contribution in [0.1, 0.15) is 46.0 Å². The molecule has 0 aromatic rings. The highest BCUT2D eigenvalue weighted by Gasteiger charge is 2.32. The van der Waals surface area contributed by atoms with Gasteiger partial charge in [-0.3, -0.25) is 4.79 Å². The summed E-state index contributed by atoms with van der Waals surface area (Å²) in [7, 11) is 0. The molecular weight excluding hydrogens is 190 g/mol. The Kier molecular flexibility index (Phi) is 4.58. The molecule has 0 aromatic carbocycles. The van der Waals surface area contributed by atoms with Crippen molar-refractivity contribution in [1.29, 1.82) is 0 Å².